The summed E-state index contributed by atoms with van der Waals surface area (Å²) in [6, 6.07) is 3.50. The van der Waals surface area contributed by atoms with Crippen LogP contribution >= 0.6 is 15.9 Å². The second-order valence-electron chi connectivity index (χ2n) is 4.81. The quantitative estimate of drug-likeness (QED) is 0.489. The van der Waals surface area contributed by atoms with Crippen LogP contribution in [0.15, 0.2) is 16.6 Å². The van der Waals surface area contributed by atoms with E-state index in [0.29, 0.717) is 29.5 Å². The molecule has 0 spiro atoms. The van der Waals surface area contributed by atoms with Crippen LogP contribution in [0.1, 0.15) is 44.0 Å². The van der Waals surface area contributed by atoms with Crippen LogP contribution in [0, 0.1) is 5.92 Å². The molecule has 0 bridgehead atoms. The van der Waals surface area contributed by atoms with Gasteiger partial charge >= 0.3 is 0 Å². The molecule has 1 aromatic carbocycles. The van der Waals surface area contributed by atoms with Crippen molar-refractivity contribution in [1.29, 1.82) is 0 Å². The Labute approximate surface area is 117 Å². The molecule has 2 N–H and O–H groups in total. The molecule has 0 saturated heterocycles. The van der Waals surface area contributed by atoms with E-state index in [9.17, 15) is 4.79 Å². The van der Waals surface area contributed by atoms with E-state index in [4.69, 9.17) is 10.5 Å². The molecule has 18 heavy (non-hydrogen) atoms. The topological polar surface area (TPSA) is 52.3 Å². The molecular formula is C14H20BrNO2. The third-order valence-electron chi connectivity index (χ3n) is 2.63. The zero-order valence-electron chi connectivity index (χ0n) is 11.1. The maximum absolute atomic E-state index is 11.6. The van der Waals surface area contributed by atoms with E-state index in [1.165, 1.54) is 6.92 Å². The second kappa shape index (κ2) is 6.78. The number of ether oxygens (including phenoxy) is 1. The van der Waals surface area contributed by atoms with Crippen LogP contribution in [0.4, 0.5) is 5.69 Å². The summed E-state index contributed by atoms with van der Waals surface area (Å²) in [5, 5.41) is 0. The number of carbonyl (C=O) groups is 1. The molecule has 0 heterocycles. The fraction of sp³-hybridized carbons (Fsp3) is 0.500. The minimum atomic E-state index is -0.0399. The molecule has 0 amide bonds. The summed E-state index contributed by atoms with van der Waals surface area (Å²) in [5.74, 6) is 1.12. The van der Waals surface area contributed by atoms with Crippen LogP contribution in [0.25, 0.3) is 0 Å². The molecule has 0 aliphatic carbocycles. The van der Waals surface area contributed by atoms with Crippen molar-refractivity contribution in [3.63, 3.8) is 0 Å². The Hall–Kier alpha value is -1.03. The minimum Gasteiger partial charge on any atom is -0.491 e. The first-order valence-corrected chi connectivity index (χ1v) is 6.94. The van der Waals surface area contributed by atoms with Crippen LogP contribution in [-0.4, -0.2) is 12.4 Å². The van der Waals surface area contributed by atoms with Gasteiger partial charge < -0.3 is 10.5 Å². The van der Waals surface area contributed by atoms with Crippen molar-refractivity contribution in [3.8, 4) is 5.75 Å². The van der Waals surface area contributed by atoms with Crippen LogP contribution in [0.3, 0.4) is 0 Å². The number of halogens is 1. The number of rotatable bonds is 6. The number of Topliss-reactive ketones (excluding diaryl/α,β-unsaturated/α-hetero) is 1. The fourth-order valence-corrected chi connectivity index (χ4v) is 2.18. The SMILES string of the molecule is CC(=O)c1cc(Br)cc(N)c1OCCCC(C)C. The van der Waals surface area contributed by atoms with Crippen molar-refractivity contribution < 1.29 is 9.53 Å². The highest BCUT2D eigenvalue weighted by Gasteiger charge is 2.13. The number of hydrogen-bond donors (Lipinski definition) is 1. The molecule has 1 aromatic rings. The summed E-state index contributed by atoms with van der Waals surface area (Å²) in [4.78, 5) is 11.6. The Kier molecular flexibility index (Phi) is 5.66. The number of ketones is 1. The van der Waals surface area contributed by atoms with E-state index in [0.717, 1.165) is 17.3 Å². The lowest BCUT2D eigenvalue weighted by Crippen LogP contribution is -2.06. The molecule has 0 fully saturated rings. The van der Waals surface area contributed by atoms with E-state index in [1.807, 2.05) is 0 Å². The Balaban J connectivity index is 2.77. The van der Waals surface area contributed by atoms with Crippen LogP contribution in [0.2, 0.25) is 0 Å². The highest BCUT2D eigenvalue weighted by Crippen LogP contribution is 2.31. The molecule has 0 aliphatic heterocycles. The van der Waals surface area contributed by atoms with Gasteiger partial charge in [0, 0.05) is 4.47 Å². The van der Waals surface area contributed by atoms with Crippen molar-refractivity contribution in [1.82, 2.24) is 0 Å². The molecule has 0 atom stereocenters. The Morgan fingerprint density at radius 3 is 2.67 bits per heavy atom. The second-order valence-corrected chi connectivity index (χ2v) is 5.73. The van der Waals surface area contributed by atoms with Crippen molar-refractivity contribution >= 4 is 27.4 Å². The van der Waals surface area contributed by atoms with Crippen LogP contribution in [0.5, 0.6) is 5.75 Å². The summed E-state index contributed by atoms with van der Waals surface area (Å²) in [6.07, 6.45) is 2.07. The van der Waals surface area contributed by atoms with Crippen molar-refractivity contribution in [2.75, 3.05) is 12.3 Å². The maximum atomic E-state index is 11.6. The Bertz CT molecular complexity index is 430. The van der Waals surface area contributed by atoms with Crippen molar-refractivity contribution in [2.45, 2.75) is 33.6 Å². The summed E-state index contributed by atoms with van der Waals surface area (Å²) < 4.78 is 6.46. The number of hydrogen-bond acceptors (Lipinski definition) is 3. The van der Waals surface area contributed by atoms with Gasteiger partial charge in [-0.2, -0.15) is 0 Å². The van der Waals surface area contributed by atoms with Gasteiger partial charge in [0.2, 0.25) is 0 Å². The smallest absolute Gasteiger partial charge is 0.163 e. The normalized spacial score (nSPS) is 10.7. The van der Waals surface area contributed by atoms with E-state index >= 15 is 0 Å². The highest BCUT2D eigenvalue weighted by atomic mass is 79.9. The van der Waals surface area contributed by atoms with Gasteiger partial charge in [-0.1, -0.05) is 29.8 Å². The molecule has 0 saturated carbocycles. The standard InChI is InChI=1S/C14H20BrNO2/c1-9(2)5-4-6-18-14-12(10(3)17)7-11(15)8-13(14)16/h7-9H,4-6,16H2,1-3H3. The van der Waals surface area contributed by atoms with Gasteiger partial charge in [0.15, 0.2) is 11.5 Å². The third kappa shape index (κ3) is 4.33. The van der Waals surface area contributed by atoms with E-state index < -0.39 is 0 Å². The van der Waals surface area contributed by atoms with Gasteiger partial charge in [-0.15, -0.1) is 0 Å². The van der Waals surface area contributed by atoms with Gasteiger partial charge in [-0.25, -0.2) is 0 Å². The van der Waals surface area contributed by atoms with Gasteiger partial charge in [0.05, 0.1) is 17.9 Å². The summed E-state index contributed by atoms with van der Waals surface area (Å²) in [5.41, 5.74) is 6.93. The van der Waals surface area contributed by atoms with Crippen LogP contribution in [-0.2, 0) is 0 Å². The largest absolute Gasteiger partial charge is 0.491 e. The summed E-state index contributed by atoms with van der Waals surface area (Å²) in [7, 11) is 0. The van der Waals surface area contributed by atoms with Crippen LogP contribution < -0.4 is 10.5 Å². The molecule has 4 heteroatoms. The predicted molar refractivity (Wildman–Crippen MR) is 78.1 cm³/mol. The number of anilines is 1. The summed E-state index contributed by atoms with van der Waals surface area (Å²) in [6.45, 7) is 6.45. The van der Waals surface area contributed by atoms with Gasteiger partial charge in [-0.3, -0.25) is 4.79 Å². The lowest BCUT2D eigenvalue weighted by molar-refractivity contribution is 0.101. The average Bonchev–Trinajstić information content (AvgIpc) is 2.25. The number of nitrogen functional groups attached to an aromatic ring is 1. The number of benzene rings is 1. The number of carbonyl (C=O) groups excluding carboxylic acids is 1. The molecule has 3 nitrogen and oxygen atoms in total. The lowest BCUT2D eigenvalue weighted by Gasteiger charge is -2.13. The first-order valence-electron chi connectivity index (χ1n) is 6.14. The van der Waals surface area contributed by atoms with Gasteiger partial charge in [-0.05, 0) is 37.8 Å². The van der Waals surface area contributed by atoms with Crippen molar-refractivity contribution in [2.24, 2.45) is 5.92 Å². The maximum Gasteiger partial charge on any atom is 0.163 e. The first kappa shape index (κ1) is 15.0. The average molecular weight is 314 g/mol. The lowest BCUT2D eigenvalue weighted by atomic mass is 10.1. The highest BCUT2D eigenvalue weighted by molar-refractivity contribution is 9.10. The molecule has 0 aliphatic rings. The Morgan fingerprint density at radius 2 is 2.11 bits per heavy atom. The molecule has 0 unspecified atom stereocenters. The first-order chi connectivity index (χ1) is 8.41. The Morgan fingerprint density at radius 1 is 1.44 bits per heavy atom. The predicted octanol–water partition coefficient (Wildman–Crippen LogP) is 4.05. The molecule has 1 rings (SSSR count). The molecule has 0 radical (unpaired) electrons. The minimum absolute atomic E-state index is 0.0399. The molecular weight excluding hydrogens is 294 g/mol. The summed E-state index contributed by atoms with van der Waals surface area (Å²) >= 11 is 3.33. The fourth-order valence-electron chi connectivity index (χ4n) is 1.70. The number of nitrogens with two attached hydrogens (primary N) is 1. The van der Waals surface area contributed by atoms with Crippen molar-refractivity contribution in [3.05, 3.63) is 22.2 Å². The zero-order valence-corrected chi connectivity index (χ0v) is 12.7. The molecule has 0 aromatic heterocycles. The zero-order chi connectivity index (χ0) is 13.7. The van der Waals surface area contributed by atoms with Gasteiger partial charge in [0.1, 0.15) is 0 Å². The van der Waals surface area contributed by atoms with Gasteiger partial charge in [0.25, 0.3) is 0 Å². The molecule has 100 valence electrons. The monoisotopic (exact) mass is 313 g/mol. The third-order valence-corrected chi connectivity index (χ3v) is 3.09. The van der Waals surface area contributed by atoms with E-state index in [-0.39, 0.29) is 5.78 Å². The van der Waals surface area contributed by atoms with E-state index in [1.54, 1.807) is 12.1 Å². The van der Waals surface area contributed by atoms with E-state index in [2.05, 4.69) is 29.8 Å².